The Bertz CT molecular complexity index is 456. The van der Waals surface area contributed by atoms with Gasteiger partial charge in [0.15, 0.2) is 0 Å². The number of hydrogen-bond acceptors (Lipinski definition) is 4. The van der Waals surface area contributed by atoms with Crippen molar-refractivity contribution < 1.29 is 9.59 Å². The largest absolute Gasteiger partial charge is 0.334 e. The van der Waals surface area contributed by atoms with Crippen LogP contribution in [0.15, 0.2) is 6.20 Å². The summed E-state index contributed by atoms with van der Waals surface area (Å²) in [4.78, 5) is 30.3. The molecule has 1 aliphatic heterocycles. The average Bonchev–Trinajstić information content (AvgIpc) is 2.75. The topological polar surface area (TPSA) is 50.3 Å². The maximum atomic E-state index is 12.4. The van der Waals surface area contributed by atoms with E-state index in [1.165, 1.54) is 11.3 Å². The van der Waals surface area contributed by atoms with Crippen LogP contribution in [0.3, 0.4) is 0 Å². The second-order valence-electron chi connectivity index (χ2n) is 4.80. The number of likely N-dealkylation sites (tertiary alicyclic amines) is 1. The van der Waals surface area contributed by atoms with Crippen molar-refractivity contribution in [3.05, 3.63) is 16.1 Å². The molecule has 0 aromatic carbocycles. The van der Waals surface area contributed by atoms with Gasteiger partial charge < -0.3 is 4.90 Å². The smallest absolute Gasteiger partial charge is 0.265 e. The number of rotatable bonds is 3. The average molecular weight is 266 g/mol. The fraction of sp³-hybridized carbons (Fsp3) is 0.615. The minimum absolute atomic E-state index is 0.0338. The zero-order valence-electron chi connectivity index (χ0n) is 10.8. The van der Waals surface area contributed by atoms with E-state index >= 15 is 0 Å². The van der Waals surface area contributed by atoms with Crippen LogP contribution in [-0.4, -0.2) is 34.2 Å². The highest BCUT2D eigenvalue weighted by molar-refractivity contribution is 7.13. The second kappa shape index (κ2) is 5.61. The van der Waals surface area contributed by atoms with Crippen LogP contribution in [-0.2, 0) is 4.79 Å². The summed E-state index contributed by atoms with van der Waals surface area (Å²) in [6.07, 6.45) is 5.18. The molecular weight excluding hydrogens is 248 g/mol. The molecule has 2 rings (SSSR count). The molecule has 1 unspecified atom stereocenters. The Morgan fingerprint density at radius 2 is 2.28 bits per heavy atom. The first kappa shape index (κ1) is 13.2. The number of piperidine rings is 1. The first-order valence-corrected chi connectivity index (χ1v) is 7.12. The van der Waals surface area contributed by atoms with Crippen molar-refractivity contribution in [2.24, 2.45) is 0 Å². The highest BCUT2D eigenvalue weighted by Gasteiger charge is 2.29. The van der Waals surface area contributed by atoms with Gasteiger partial charge in [0.05, 0.1) is 11.2 Å². The minimum Gasteiger partial charge on any atom is -0.334 e. The Morgan fingerprint density at radius 3 is 2.89 bits per heavy atom. The van der Waals surface area contributed by atoms with Gasteiger partial charge in [0.2, 0.25) is 0 Å². The highest BCUT2D eigenvalue weighted by atomic mass is 32.1. The normalized spacial score (nSPS) is 19.9. The maximum absolute atomic E-state index is 12.4. The Hall–Kier alpha value is -1.23. The van der Waals surface area contributed by atoms with Crippen LogP contribution in [0, 0.1) is 6.92 Å². The standard InChI is InChI=1S/C13H18N2O2S/c1-9(16)7-11-5-3-4-6-15(11)13(17)12-8-14-10(2)18-12/h8,11H,3-7H2,1-2H3. The molecular formula is C13H18N2O2S. The van der Waals surface area contributed by atoms with Crippen molar-refractivity contribution in [3.8, 4) is 0 Å². The van der Waals surface area contributed by atoms with Crippen molar-refractivity contribution in [1.29, 1.82) is 0 Å². The third kappa shape index (κ3) is 2.96. The number of aromatic nitrogens is 1. The third-order valence-electron chi connectivity index (χ3n) is 3.24. The molecule has 1 fully saturated rings. The Labute approximate surface area is 111 Å². The van der Waals surface area contributed by atoms with Gasteiger partial charge in [-0.1, -0.05) is 0 Å². The lowest BCUT2D eigenvalue weighted by Crippen LogP contribution is -2.44. The summed E-state index contributed by atoms with van der Waals surface area (Å²) < 4.78 is 0. The first-order valence-electron chi connectivity index (χ1n) is 6.31. The SMILES string of the molecule is CC(=O)CC1CCCCN1C(=O)c1cnc(C)s1. The van der Waals surface area contributed by atoms with E-state index in [9.17, 15) is 9.59 Å². The Kier molecular flexibility index (Phi) is 4.11. The quantitative estimate of drug-likeness (QED) is 0.844. The van der Waals surface area contributed by atoms with Gasteiger partial charge >= 0.3 is 0 Å². The van der Waals surface area contributed by atoms with Crippen molar-refractivity contribution in [1.82, 2.24) is 9.88 Å². The van der Waals surface area contributed by atoms with Crippen LogP contribution in [0.2, 0.25) is 0 Å². The number of amides is 1. The third-order valence-corrected chi connectivity index (χ3v) is 4.14. The van der Waals surface area contributed by atoms with E-state index in [2.05, 4.69) is 4.98 Å². The molecule has 0 saturated carbocycles. The predicted molar refractivity (Wildman–Crippen MR) is 70.8 cm³/mol. The van der Waals surface area contributed by atoms with Gasteiger partial charge in [-0.15, -0.1) is 11.3 Å². The Balaban J connectivity index is 2.13. The zero-order chi connectivity index (χ0) is 13.1. The Morgan fingerprint density at radius 1 is 1.50 bits per heavy atom. The van der Waals surface area contributed by atoms with Crippen molar-refractivity contribution >= 4 is 23.0 Å². The van der Waals surface area contributed by atoms with Crippen LogP contribution in [0.4, 0.5) is 0 Å². The first-order chi connectivity index (χ1) is 8.58. The summed E-state index contributed by atoms with van der Waals surface area (Å²) in [7, 11) is 0. The molecule has 4 nitrogen and oxygen atoms in total. The number of carbonyl (C=O) groups excluding carboxylic acids is 2. The number of Topliss-reactive ketones (excluding diaryl/α,β-unsaturated/α-hetero) is 1. The number of nitrogens with zero attached hydrogens (tertiary/aromatic N) is 2. The van der Waals surface area contributed by atoms with E-state index in [0.29, 0.717) is 11.3 Å². The molecule has 0 bridgehead atoms. The lowest BCUT2D eigenvalue weighted by atomic mass is 9.97. The molecule has 1 atom stereocenters. The molecule has 0 N–H and O–H groups in total. The van der Waals surface area contributed by atoms with Gasteiger partial charge in [-0.25, -0.2) is 4.98 Å². The van der Waals surface area contributed by atoms with Gasteiger partial charge in [-0.05, 0) is 33.1 Å². The van der Waals surface area contributed by atoms with Crippen LogP contribution in [0.1, 0.15) is 47.3 Å². The molecule has 98 valence electrons. The van der Waals surface area contributed by atoms with Gasteiger partial charge in [0, 0.05) is 19.0 Å². The number of aryl methyl sites for hydroxylation is 1. The van der Waals surface area contributed by atoms with Gasteiger partial charge in [-0.2, -0.15) is 0 Å². The van der Waals surface area contributed by atoms with Gasteiger partial charge in [0.1, 0.15) is 10.7 Å². The van der Waals surface area contributed by atoms with E-state index in [4.69, 9.17) is 0 Å². The number of carbonyl (C=O) groups is 2. The minimum atomic E-state index is 0.0338. The molecule has 0 aliphatic carbocycles. The second-order valence-corrected chi connectivity index (χ2v) is 6.03. The molecule has 2 heterocycles. The molecule has 18 heavy (non-hydrogen) atoms. The molecule has 1 aromatic rings. The van der Waals surface area contributed by atoms with Crippen molar-refractivity contribution in [2.45, 2.75) is 45.6 Å². The fourth-order valence-corrected chi connectivity index (χ4v) is 3.15. The summed E-state index contributed by atoms with van der Waals surface area (Å²) in [5.41, 5.74) is 0. The molecule has 1 aliphatic rings. The van der Waals surface area contributed by atoms with Crippen molar-refractivity contribution in [2.75, 3.05) is 6.54 Å². The molecule has 1 amide bonds. The maximum Gasteiger partial charge on any atom is 0.265 e. The van der Waals surface area contributed by atoms with Crippen molar-refractivity contribution in [3.63, 3.8) is 0 Å². The van der Waals surface area contributed by atoms with Crippen LogP contribution < -0.4 is 0 Å². The van der Waals surface area contributed by atoms with Gasteiger partial charge in [0.25, 0.3) is 5.91 Å². The summed E-state index contributed by atoms with van der Waals surface area (Å²) in [5, 5.41) is 0.901. The van der Waals surface area contributed by atoms with E-state index in [-0.39, 0.29) is 17.7 Å². The number of thiazole rings is 1. The van der Waals surface area contributed by atoms with E-state index in [1.54, 1.807) is 13.1 Å². The summed E-state index contributed by atoms with van der Waals surface area (Å²) in [6, 6.07) is 0.0751. The van der Waals surface area contributed by atoms with E-state index in [0.717, 1.165) is 30.8 Å². The fourth-order valence-electron chi connectivity index (χ4n) is 2.41. The highest BCUT2D eigenvalue weighted by Crippen LogP contribution is 2.24. The summed E-state index contributed by atoms with van der Waals surface area (Å²) >= 11 is 1.42. The summed E-state index contributed by atoms with van der Waals surface area (Å²) in [6.45, 7) is 4.24. The number of ketones is 1. The van der Waals surface area contributed by atoms with Crippen LogP contribution in [0.5, 0.6) is 0 Å². The lowest BCUT2D eigenvalue weighted by Gasteiger charge is -2.35. The molecule has 1 aromatic heterocycles. The number of hydrogen-bond donors (Lipinski definition) is 0. The van der Waals surface area contributed by atoms with E-state index < -0.39 is 0 Å². The van der Waals surface area contributed by atoms with Crippen LogP contribution in [0.25, 0.3) is 0 Å². The molecule has 0 radical (unpaired) electrons. The molecule has 1 saturated heterocycles. The molecule has 5 heteroatoms. The lowest BCUT2D eigenvalue weighted by molar-refractivity contribution is -0.118. The monoisotopic (exact) mass is 266 g/mol. The van der Waals surface area contributed by atoms with Gasteiger partial charge in [-0.3, -0.25) is 9.59 Å². The summed E-state index contributed by atoms with van der Waals surface area (Å²) in [5.74, 6) is 0.187. The molecule has 0 spiro atoms. The zero-order valence-corrected chi connectivity index (χ0v) is 11.6. The van der Waals surface area contributed by atoms with E-state index in [1.807, 2.05) is 11.8 Å². The predicted octanol–water partition coefficient (Wildman–Crippen LogP) is 2.43. The van der Waals surface area contributed by atoms with Crippen LogP contribution >= 0.6 is 11.3 Å².